The molecule has 0 amide bonds. The molecule has 2 unspecified atom stereocenters. The summed E-state index contributed by atoms with van der Waals surface area (Å²) in [6.07, 6.45) is -0.153. The van der Waals surface area contributed by atoms with Gasteiger partial charge < -0.3 is 15.6 Å². The highest BCUT2D eigenvalue weighted by Gasteiger charge is 2.34. The standard InChI is InChI=1S/C13H23NO5/c1-8(15)10(7-14)9(5-6-11(16)17)12(18)19-13(2,3)4/h9-10H,5-7,14H2,1-4H3,(H,16,17). The van der Waals surface area contributed by atoms with Crippen LogP contribution in [-0.4, -0.2) is 35.0 Å². The number of nitrogens with two attached hydrogens (primary N) is 1. The Morgan fingerprint density at radius 2 is 1.74 bits per heavy atom. The van der Waals surface area contributed by atoms with Crippen LogP contribution in [0.3, 0.4) is 0 Å². The number of carbonyl (C=O) groups excluding carboxylic acids is 2. The third kappa shape index (κ3) is 6.91. The molecule has 0 heterocycles. The first kappa shape index (κ1) is 17.6. The summed E-state index contributed by atoms with van der Waals surface area (Å²) in [6.45, 7) is 6.48. The number of carbonyl (C=O) groups is 3. The number of ketones is 1. The van der Waals surface area contributed by atoms with Gasteiger partial charge in [0.2, 0.25) is 0 Å². The van der Waals surface area contributed by atoms with Gasteiger partial charge in [0.15, 0.2) is 0 Å². The summed E-state index contributed by atoms with van der Waals surface area (Å²) in [5, 5.41) is 8.70. The van der Waals surface area contributed by atoms with Crippen molar-refractivity contribution in [2.45, 2.75) is 46.1 Å². The molecule has 0 aliphatic carbocycles. The van der Waals surface area contributed by atoms with E-state index in [1.165, 1.54) is 6.92 Å². The lowest BCUT2D eigenvalue weighted by Crippen LogP contribution is -2.38. The van der Waals surface area contributed by atoms with Crippen molar-refractivity contribution in [2.75, 3.05) is 6.54 Å². The maximum absolute atomic E-state index is 12.1. The molecule has 0 aromatic carbocycles. The van der Waals surface area contributed by atoms with E-state index in [1.54, 1.807) is 20.8 Å². The van der Waals surface area contributed by atoms with Crippen molar-refractivity contribution in [2.24, 2.45) is 17.6 Å². The van der Waals surface area contributed by atoms with Crippen LogP contribution in [0.25, 0.3) is 0 Å². The maximum Gasteiger partial charge on any atom is 0.310 e. The first-order valence-corrected chi connectivity index (χ1v) is 6.23. The van der Waals surface area contributed by atoms with Gasteiger partial charge in [0, 0.05) is 18.9 Å². The Morgan fingerprint density at radius 3 is 2.05 bits per heavy atom. The Morgan fingerprint density at radius 1 is 1.21 bits per heavy atom. The van der Waals surface area contributed by atoms with E-state index in [2.05, 4.69) is 0 Å². The Bertz CT molecular complexity index is 345. The normalized spacial score (nSPS) is 14.6. The molecule has 6 nitrogen and oxygen atoms in total. The molecule has 6 heteroatoms. The highest BCUT2D eigenvalue weighted by atomic mass is 16.6. The number of esters is 1. The summed E-state index contributed by atoms with van der Waals surface area (Å²) in [6, 6.07) is 0. The van der Waals surface area contributed by atoms with Crippen molar-refractivity contribution in [1.29, 1.82) is 0 Å². The van der Waals surface area contributed by atoms with Crippen LogP contribution in [-0.2, 0) is 19.1 Å². The quantitative estimate of drug-likeness (QED) is 0.669. The van der Waals surface area contributed by atoms with E-state index in [-0.39, 0.29) is 25.2 Å². The van der Waals surface area contributed by atoms with Gasteiger partial charge >= 0.3 is 11.9 Å². The molecule has 0 aromatic rings. The Labute approximate surface area is 113 Å². The van der Waals surface area contributed by atoms with Gasteiger partial charge in [-0.3, -0.25) is 14.4 Å². The van der Waals surface area contributed by atoms with Crippen molar-refractivity contribution in [3.8, 4) is 0 Å². The number of aliphatic carboxylic acids is 1. The smallest absolute Gasteiger partial charge is 0.310 e. The van der Waals surface area contributed by atoms with E-state index in [0.29, 0.717) is 0 Å². The van der Waals surface area contributed by atoms with Gasteiger partial charge in [-0.15, -0.1) is 0 Å². The summed E-state index contributed by atoms with van der Waals surface area (Å²) >= 11 is 0. The SMILES string of the molecule is CC(=O)C(CN)C(CCC(=O)O)C(=O)OC(C)(C)C. The first-order chi connectivity index (χ1) is 8.58. The van der Waals surface area contributed by atoms with Gasteiger partial charge in [-0.1, -0.05) is 0 Å². The fourth-order valence-electron chi connectivity index (χ4n) is 1.75. The van der Waals surface area contributed by atoms with E-state index < -0.39 is 29.4 Å². The fourth-order valence-corrected chi connectivity index (χ4v) is 1.75. The minimum atomic E-state index is -1.02. The molecule has 0 aliphatic rings. The van der Waals surface area contributed by atoms with Crippen LogP contribution in [0.1, 0.15) is 40.5 Å². The lowest BCUT2D eigenvalue weighted by atomic mass is 9.85. The number of carboxylic acid groups (broad SMARTS) is 1. The summed E-state index contributed by atoms with van der Waals surface area (Å²) in [5.74, 6) is -3.33. The van der Waals surface area contributed by atoms with E-state index >= 15 is 0 Å². The van der Waals surface area contributed by atoms with Crippen LogP contribution in [0.4, 0.5) is 0 Å². The number of hydrogen-bond donors (Lipinski definition) is 2. The van der Waals surface area contributed by atoms with E-state index in [0.717, 1.165) is 0 Å². The minimum absolute atomic E-state index is 0.00113. The molecule has 0 fully saturated rings. The Hall–Kier alpha value is -1.43. The molecular formula is C13H23NO5. The molecule has 2 atom stereocenters. The van der Waals surface area contributed by atoms with E-state index in [4.69, 9.17) is 15.6 Å². The van der Waals surface area contributed by atoms with Crippen molar-refractivity contribution < 1.29 is 24.2 Å². The van der Waals surface area contributed by atoms with Crippen molar-refractivity contribution >= 4 is 17.7 Å². The maximum atomic E-state index is 12.1. The van der Waals surface area contributed by atoms with Crippen LogP contribution in [0.2, 0.25) is 0 Å². The van der Waals surface area contributed by atoms with Crippen LogP contribution < -0.4 is 5.73 Å². The van der Waals surface area contributed by atoms with Crippen LogP contribution in [0.15, 0.2) is 0 Å². The monoisotopic (exact) mass is 273 g/mol. The average Bonchev–Trinajstić information content (AvgIpc) is 2.20. The highest BCUT2D eigenvalue weighted by Crippen LogP contribution is 2.23. The van der Waals surface area contributed by atoms with Crippen LogP contribution in [0.5, 0.6) is 0 Å². The number of rotatable bonds is 7. The van der Waals surface area contributed by atoms with Gasteiger partial charge in [0.1, 0.15) is 11.4 Å². The largest absolute Gasteiger partial charge is 0.481 e. The molecule has 0 bridgehead atoms. The molecule has 0 radical (unpaired) electrons. The summed E-state index contributed by atoms with van der Waals surface area (Å²) in [5.41, 5.74) is 4.82. The Kier molecular flexibility index (Phi) is 6.69. The van der Waals surface area contributed by atoms with Crippen molar-refractivity contribution in [3.63, 3.8) is 0 Å². The molecule has 0 aromatic heterocycles. The molecule has 0 aliphatic heterocycles. The zero-order valence-corrected chi connectivity index (χ0v) is 11.9. The predicted octanol–water partition coefficient (Wildman–Crippen LogP) is 0.973. The molecular weight excluding hydrogens is 250 g/mol. The molecule has 0 saturated heterocycles. The topological polar surface area (TPSA) is 107 Å². The highest BCUT2D eigenvalue weighted by molar-refractivity contribution is 5.85. The zero-order valence-electron chi connectivity index (χ0n) is 11.9. The van der Waals surface area contributed by atoms with Gasteiger partial charge in [-0.25, -0.2) is 0 Å². The number of Topliss-reactive ketones (excluding diaryl/α,β-unsaturated/α-hetero) is 1. The molecule has 0 spiro atoms. The fraction of sp³-hybridized carbons (Fsp3) is 0.769. The summed E-state index contributed by atoms with van der Waals surface area (Å²) in [7, 11) is 0. The lowest BCUT2D eigenvalue weighted by molar-refractivity contribution is -0.163. The van der Waals surface area contributed by atoms with E-state index in [1.807, 2.05) is 0 Å². The second kappa shape index (κ2) is 7.23. The summed E-state index contributed by atoms with van der Waals surface area (Å²) in [4.78, 5) is 34.2. The minimum Gasteiger partial charge on any atom is -0.481 e. The van der Waals surface area contributed by atoms with Gasteiger partial charge in [-0.2, -0.15) is 0 Å². The molecule has 3 N–H and O–H groups in total. The second-order valence-corrected chi connectivity index (χ2v) is 5.53. The van der Waals surface area contributed by atoms with Crippen LogP contribution in [0, 0.1) is 11.8 Å². The van der Waals surface area contributed by atoms with Gasteiger partial charge in [0.25, 0.3) is 0 Å². The zero-order chi connectivity index (χ0) is 15.2. The molecule has 110 valence electrons. The molecule has 19 heavy (non-hydrogen) atoms. The number of ether oxygens (including phenoxy) is 1. The average molecular weight is 273 g/mol. The van der Waals surface area contributed by atoms with E-state index in [9.17, 15) is 14.4 Å². The molecule has 0 saturated carbocycles. The predicted molar refractivity (Wildman–Crippen MR) is 69.4 cm³/mol. The lowest BCUT2D eigenvalue weighted by Gasteiger charge is -2.27. The van der Waals surface area contributed by atoms with Gasteiger partial charge in [0.05, 0.1) is 5.92 Å². The van der Waals surface area contributed by atoms with Gasteiger partial charge in [-0.05, 0) is 34.1 Å². The Balaban J connectivity index is 4.98. The van der Waals surface area contributed by atoms with Crippen molar-refractivity contribution in [3.05, 3.63) is 0 Å². The number of carboxylic acids is 1. The first-order valence-electron chi connectivity index (χ1n) is 6.23. The third-order valence-electron chi connectivity index (χ3n) is 2.64. The van der Waals surface area contributed by atoms with Crippen molar-refractivity contribution in [1.82, 2.24) is 0 Å². The third-order valence-corrected chi connectivity index (χ3v) is 2.64. The second-order valence-electron chi connectivity index (χ2n) is 5.53. The summed E-state index contributed by atoms with van der Waals surface area (Å²) < 4.78 is 5.23. The molecule has 0 rings (SSSR count). The number of hydrogen-bond acceptors (Lipinski definition) is 5. The van der Waals surface area contributed by atoms with Crippen LogP contribution >= 0.6 is 0 Å².